The summed E-state index contributed by atoms with van der Waals surface area (Å²) < 4.78 is 0. The molecule has 1 aliphatic carbocycles. The van der Waals surface area contributed by atoms with Gasteiger partial charge in [-0.25, -0.2) is 0 Å². The topological polar surface area (TPSA) is 46.3 Å². The van der Waals surface area contributed by atoms with Crippen LogP contribution in [0.15, 0.2) is 0 Å². The van der Waals surface area contributed by atoms with Gasteiger partial charge in [0.25, 0.3) is 0 Å². The van der Waals surface area contributed by atoms with E-state index in [1.165, 1.54) is 25.7 Å². The zero-order valence-corrected chi connectivity index (χ0v) is 7.75. The summed E-state index contributed by atoms with van der Waals surface area (Å²) in [6, 6.07) is 0. The minimum Gasteiger partial charge on any atom is -0.369 e. The molecule has 1 aliphatic rings. The van der Waals surface area contributed by atoms with E-state index in [0.29, 0.717) is 6.54 Å². The Bertz CT molecular complexity index is 155. The van der Waals surface area contributed by atoms with Crippen molar-refractivity contribution in [2.45, 2.75) is 25.7 Å². The summed E-state index contributed by atoms with van der Waals surface area (Å²) in [5, 5.41) is 0. The third-order valence-electron chi connectivity index (χ3n) is 2.57. The maximum atomic E-state index is 10.5. The standard InChI is InChI=1S/C9H18N2O/c1-11(7-9(10)12)6-5-8-3-2-4-8/h8H,2-7H2,1H3,(H2,10,12). The van der Waals surface area contributed by atoms with Crippen LogP contribution < -0.4 is 5.73 Å². The minimum atomic E-state index is -0.230. The second-order valence-electron chi connectivity index (χ2n) is 3.79. The monoisotopic (exact) mass is 170 g/mol. The Morgan fingerprint density at radius 3 is 2.67 bits per heavy atom. The van der Waals surface area contributed by atoms with Gasteiger partial charge in [-0.1, -0.05) is 19.3 Å². The van der Waals surface area contributed by atoms with Gasteiger partial charge in [0.05, 0.1) is 6.54 Å². The molecule has 0 aliphatic heterocycles. The van der Waals surface area contributed by atoms with Crippen LogP contribution in [0.5, 0.6) is 0 Å². The van der Waals surface area contributed by atoms with Gasteiger partial charge in [-0.3, -0.25) is 9.69 Å². The first-order chi connectivity index (χ1) is 5.68. The average molecular weight is 170 g/mol. The van der Waals surface area contributed by atoms with Gasteiger partial charge < -0.3 is 5.73 Å². The molecule has 1 rings (SSSR count). The van der Waals surface area contributed by atoms with Crippen molar-refractivity contribution in [3.8, 4) is 0 Å². The highest BCUT2D eigenvalue weighted by Gasteiger charge is 2.17. The van der Waals surface area contributed by atoms with Crippen LogP contribution in [-0.2, 0) is 4.79 Å². The van der Waals surface area contributed by atoms with Gasteiger partial charge in [-0.2, -0.15) is 0 Å². The zero-order chi connectivity index (χ0) is 8.97. The molecule has 0 aromatic rings. The van der Waals surface area contributed by atoms with E-state index < -0.39 is 0 Å². The van der Waals surface area contributed by atoms with E-state index in [1.54, 1.807) is 0 Å². The molecule has 70 valence electrons. The lowest BCUT2D eigenvalue weighted by molar-refractivity contribution is -0.118. The van der Waals surface area contributed by atoms with Gasteiger partial charge in [0.2, 0.25) is 5.91 Å². The Balaban J connectivity index is 2.00. The smallest absolute Gasteiger partial charge is 0.231 e. The number of amides is 1. The number of likely N-dealkylation sites (N-methyl/N-ethyl adjacent to an activating group) is 1. The molecule has 0 heterocycles. The molecule has 0 saturated heterocycles. The number of nitrogens with two attached hydrogens (primary N) is 1. The Morgan fingerprint density at radius 2 is 2.25 bits per heavy atom. The summed E-state index contributed by atoms with van der Waals surface area (Å²) in [6.07, 6.45) is 5.38. The van der Waals surface area contributed by atoms with E-state index >= 15 is 0 Å². The van der Waals surface area contributed by atoms with Crippen molar-refractivity contribution in [2.75, 3.05) is 20.1 Å². The molecule has 1 amide bonds. The molecule has 0 bridgehead atoms. The van der Waals surface area contributed by atoms with E-state index in [2.05, 4.69) is 0 Å². The van der Waals surface area contributed by atoms with E-state index in [0.717, 1.165) is 12.5 Å². The molecule has 1 saturated carbocycles. The highest BCUT2D eigenvalue weighted by atomic mass is 16.1. The first kappa shape index (κ1) is 9.52. The van der Waals surface area contributed by atoms with E-state index in [-0.39, 0.29) is 5.91 Å². The fraction of sp³-hybridized carbons (Fsp3) is 0.889. The summed E-state index contributed by atoms with van der Waals surface area (Å²) in [4.78, 5) is 12.5. The zero-order valence-electron chi connectivity index (χ0n) is 7.75. The van der Waals surface area contributed by atoms with Crippen molar-refractivity contribution >= 4 is 5.91 Å². The van der Waals surface area contributed by atoms with Gasteiger partial charge in [0.15, 0.2) is 0 Å². The second kappa shape index (κ2) is 4.45. The molecule has 0 spiro atoms. The lowest BCUT2D eigenvalue weighted by Gasteiger charge is -2.27. The Kier molecular flexibility index (Phi) is 3.53. The number of nitrogens with zero attached hydrogens (tertiary/aromatic N) is 1. The molecular formula is C9H18N2O. The number of rotatable bonds is 5. The molecule has 0 atom stereocenters. The maximum Gasteiger partial charge on any atom is 0.231 e. The van der Waals surface area contributed by atoms with Gasteiger partial charge in [-0.15, -0.1) is 0 Å². The largest absolute Gasteiger partial charge is 0.369 e. The minimum absolute atomic E-state index is 0.230. The van der Waals surface area contributed by atoms with Crippen LogP contribution in [0.3, 0.4) is 0 Å². The lowest BCUT2D eigenvalue weighted by atomic mass is 9.83. The summed E-state index contributed by atoms with van der Waals surface area (Å²) in [5.74, 6) is 0.687. The number of carbonyl (C=O) groups is 1. The Hall–Kier alpha value is -0.570. The van der Waals surface area contributed by atoms with Crippen molar-refractivity contribution in [3.05, 3.63) is 0 Å². The fourth-order valence-electron chi connectivity index (χ4n) is 1.53. The first-order valence-electron chi connectivity index (χ1n) is 4.65. The summed E-state index contributed by atoms with van der Waals surface area (Å²) >= 11 is 0. The van der Waals surface area contributed by atoms with Gasteiger partial charge in [-0.05, 0) is 25.9 Å². The van der Waals surface area contributed by atoms with Crippen molar-refractivity contribution < 1.29 is 4.79 Å². The van der Waals surface area contributed by atoms with E-state index in [9.17, 15) is 4.79 Å². The third-order valence-corrected chi connectivity index (χ3v) is 2.57. The van der Waals surface area contributed by atoms with E-state index in [1.807, 2.05) is 11.9 Å². The first-order valence-corrected chi connectivity index (χ1v) is 4.65. The summed E-state index contributed by atoms with van der Waals surface area (Å²) in [7, 11) is 1.95. The molecule has 0 unspecified atom stereocenters. The van der Waals surface area contributed by atoms with Gasteiger partial charge >= 0.3 is 0 Å². The molecule has 0 aromatic heterocycles. The predicted octanol–water partition coefficient (Wildman–Crippen LogP) is 0.594. The molecular weight excluding hydrogens is 152 g/mol. The van der Waals surface area contributed by atoms with Crippen LogP contribution in [0.25, 0.3) is 0 Å². The van der Waals surface area contributed by atoms with Crippen molar-refractivity contribution in [2.24, 2.45) is 11.7 Å². The molecule has 2 N–H and O–H groups in total. The van der Waals surface area contributed by atoms with Crippen molar-refractivity contribution in [1.82, 2.24) is 4.90 Å². The number of hydrogen-bond donors (Lipinski definition) is 1. The summed E-state index contributed by atoms with van der Waals surface area (Å²) in [6.45, 7) is 1.40. The SMILES string of the molecule is CN(CCC1CCC1)CC(N)=O. The van der Waals surface area contributed by atoms with Gasteiger partial charge in [0, 0.05) is 0 Å². The van der Waals surface area contributed by atoms with Crippen LogP contribution >= 0.6 is 0 Å². The highest BCUT2D eigenvalue weighted by Crippen LogP contribution is 2.29. The lowest BCUT2D eigenvalue weighted by Crippen LogP contribution is -2.32. The normalized spacial score (nSPS) is 17.8. The van der Waals surface area contributed by atoms with Crippen LogP contribution in [0.4, 0.5) is 0 Å². The molecule has 12 heavy (non-hydrogen) atoms. The highest BCUT2D eigenvalue weighted by molar-refractivity contribution is 5.75. The van der Waals surface area contributed by atoms with Crippen LogP contribution in [0.2, 0.25) is 0 Å². The van der Waals surface area contributed by atoms with Gasteiger partial charge in [0.1, 0.15) is 0 Å². The molecule has 3 heteroatoms. The number of hydrogen-bond acceptors (Lipinski definition) is 2. The van der Waals surface area contributed by atoms with Crippen LogP contribution in [0.1, 0.15) is 25.7 Å². The summed E-state index contributed by atoms with van der Waals surface area (Å²) in [5.41, 5.74) is 5.07. The second-order valence-corrected chi connectivity index (χ2v) is 3.79. The van der Waals surface area contributed by atoms with Crippen molar-refractivity contribution in [3.63, 3.8) is 0 Å². The molecule has 0 radical (unpaired) electrons. The number of primary amides is 1. The number of carbonyl (C=O) groups excluding carboxylic acids is 1. The van der Waals surface area contributed by atoms with Crippen molar-refractivity contribution in [1.29, 1.82) is 0 Å². The average Bonchev–Trinajstić information content (AvgIpc) is 1.81. The Labute approximate surface area is 73.9 Å². The predicted molar refractivity (Wildman–Crippen MR) is 48.6 cm³/mol. The molecule has 0 aromatic carbocycles. The Morgan fingerprint density at radius 1 is 1.58 bits per heavy atom. The maximum absolute atomic E-state index is 10.5. The van der Waals surface area contributed by atoms with E-state index in [4.69, 9.17) is 5.73 Å². The fourth-order valence-corrected chi connectivity index (χ4v) is 1.53. The quantitative estimate of drug-likeness (QED) is 0.656. The molecule has 3 nitrogen and oxygen atoms in total. The van der Waals surface area contributed by atoms with Crippen LogP contribution in [0, 0.1) is 5.92 Å². The third kappa shape index (κ3) is 3.22. The molecule has 1 fully saturated rings. The van der Waals surface area contributed by atoms with Crippen LogP contribution in [-0.4, -0.2) is 30.9 Å².